The maximum Gasteiger partial charge on any atom is 0.0987 e. The lowest BCUT2D eigenvalue weighted by atomic mass is 10.2. The fourth-order valence-electron chi connectivity index (χ4n) is 0.864. The summed E-state index contributed by atoms with van der Waals surface area (Å²) in [4.78, 5) is 4.55. The van der Waals surface area contributed by atoms with Gasteiger partial charge in [0.15, 0.2) is 0 Å². The van der Waals surface area contributed by atoms with Gasteiger partial charge in [-0.05, 0) is 25.3 Å². The molecule has 0 amide bonds. The number of nitrogens with zero attached hydrogens (tertiary/aromatic N) is 1. The standard InChI is InChI=1S/C8H10N2S.2C2H6/c1-5-3-4-6(11)8(10-2)7(5)9;2*1-2/h3-4,11H,2,9H2,1H3;2*1-2H3. The molecule has 2 N–H and O–H groups in total. The van der Waals surface area contributed by atoms with Crippen LogP contribution in [-0.2, 0) is 0 Å². The molecule has 3 heteroatoms. The summed E-state index contributed by atoms with van der Waals surface area (Å²) < 4.78 is 0. The summed E-state index contributed by atoms with van der Waals surface area (Å²) in [5.41, 5.74) is 8.05. The van der Waals surface area contributed by atoms with Crippen LogP contribution in [0.2, 0.25) is 0 Å². The fraction of sp³-hybridized carbons (Fsp3) is 0.417. The van der Waals surface area contributed by atoms with E-state index in [9.17, 15) is 0 Å². The monoisotopic (exact) mass is 226 g/mol. The van der Waals surface area contributed by atoms with Crippen LogP contribution in [0, 0.1) is 6.92 Å². The van der Waals surface area contributed by atoms with Crippen molar-refractivity contribution >= 4 is 30.7 Å². The molecule has 0 fully saturated rings. The van der Waals surface area contributed by atoms with E-state index in [-0.39, 0.29) is 0 Å². The molecule has 86 valence electrons. The van der Waals surface area contributed by atoms with Crippen LogP contribution in [0.1, 0.15) is 33.3 Å². The van der Waals surface area contributed by atoms with Gasteiger partial charge in [-0.3, -0.25) is 4.99 Å². The number of anilines is 1. The third-order valence-electron chi connectivity index (χ3n) is 1.57. The van der Waals surface area contributed by atoms with Crippen molar-refractivity contribution in [3.8, 4) is 0 Å². The van der Waals surface area contributed by atoms with E-state index in [0.29, 0.717) is 11.4 Å². The molecule has 0 saturated carbocycles. The molecule has 1 rings (SSSR count). The first-order valence-electron chi connectivity index (χ1n) is 5.21. The van der Waals surface area contributed by atoms with Gasteiger partial charge in [0.2, 0.25) is 0 Å². The molecule has 0 radical (unpaired) electrons. The zero-order valence-corrected chi connectivity index (χ0v) is 11.2. The van der Waals surface area contributed by atoms with Crippen LogP contribution in [0.3, 0.4) is 0 Å². The number of hydrogen-bond donors (Lipinski definition) is 2. The second-order valence-corrected chi connectivity index (χ2v) is 2.80. The van der Waals surface area contributed by atoms with Crippen molar-refractivity contribution in [2.75, 3.05) is 5.73 Å². The molecule has 0 aromatic heterocycles. The lowest BCUT2D eigenvalue weighted by Crippen LogP contribution is -1.90. The van der Waals surface area contributed by atoms with Gasteiger partial charge in [-0.1, -0.05) is 33.8 Å². The quantitative estimate of drug-likeness (QED) is 0.419. The van der Waals surface area contributed by atoms with Crippen LogP contribution >= 0.6 is 12.6 Å². The normalized spacial score (nSPS) is 7.87. The Morgan fingerprint density at radius 3 is 2.00 bits per heavy atom. The van der Waals surface area contributed by atoms with Crippen molar-refractivity contribution in [3.63, 3.8) is 0 Å². The maximum atomic E-state index is 5.71. The molecule has 0 aliphatic carbocycles. The van der Waals surface area contributed by atoms with Gasteiger partial charge in [0.25, 0.3) is 0 Å². The number of aryl methyl sites for hydroxylation is 1. The SMILES string of the molecule is C=Nc1c(S)ccc(C)c1N.CC.CC. The van der Waals surface area contributed by atoms with Crippen LogP contribution in [0.25, 0.3) is 0 Å². The van der Waals surface area contributed by atoms with Crippen molar-refractivity contribution in [2.24, 2.45) is 4.99 Å². The highest BCUT2D eigenvalue weighted by Gasteiger charge is 2.02. The van der Waals surface area contributed by atoms with Crippen molar-refractivity contribution in [3.05, 3.63) is 17.7 Å². The summed E-state index contributed by atoms with van der Waals surface area (Å²) in [6.07, 6.45) is 0. The molecular formula is C12H22N2S. The lowest BCUT2D eigenvalue weighted by molar-refractivity contribution is 1.34. The zero-order chi connectivity index (χ0) is 12.4. The van der Waals surface area contributed by atoms with Gasteiger partial charge < -0.3 is 5.73 Å². The molecule has 0 bridgehead atoms. The molecule has 1 aromatic rings. The number of benzene rings is 1. The van der Waals surface area contributed by atoms with E-state index in [4.69, 9.17) is 5.73 Å². The molecule has 0 aliphatic heterocycles. The minimum atomic E-state index is 0.660. The van der Waals surface area contributed by atoms with Gasteiger partial charge in [-0.25, -0.2) is 0 Å². The molecular weight excluding hydrogens is 204 g/mol. The molecule has 2 nitrogen and oxygen atoms in total. The first-order chi connectivity index (χ1) is 7.16. The predicted octanol–water partition coefficient (Wildman–Crippen LogP) is 4.25. The molecule has 0 aliphatic rings. The van der Waals surface area contributed by atoms with Gasteiger partial charge in [0, 0.05) is 4.90 Å². The number of rotatable bonds is 1. The Labute approximate surface area is 99.0 Å². The molecule has 0 heterocycles. The highest BCUT2D eigenvalue weighted by atomic mass is 32.1. The number of nitrogens with two attached hydrogens (primary N) is 1. The molecule has 0 unspecified atom stereocenters. The molecule has 15 heavy (non-hydrogen) atoms. The summed E-state index contributed by atoms with van der Waals surface area (Å²) in [5, 5.41) is 0. The highest BCUT2D eigenvalue weighted by molar-refractivity contribution is 7.80. The van der Waals surface area contributed by atoms with E-state index in [1.807, 2.05) is 46.8 Å². The van der Waals surface area contributed by atoms with Crippen molar-refractivity contribution in [1.29, 1.82) is 0 Å². The lowest BCUT2D eigenvalue weighted by Gasteiger charge is -2.05. The van der Waals surface area contributed by atoms with Crippen LogP contribution in [-0.4, -0.2) is 6.72 Å². The molecule has 1 aromatic carbocycles. The van der Waals surface area contributed by atoms with E-state index in [0.717, 1.165) is 10.5 Å². The van der Waals surface area contributed by atoms with Gasteiger partial charge in [0.05, 0.1) is 11.4 Å². The number of thiol groups is 1. The molecule has 0 atom stereocenters. The number of nitrogen functional groups attached to an aromatic ring is 1. The van der Waals surface area contributed by atoms with Crippen molar-refractivity contribution in [1.82, 2.24) is 0 Å². The van der Waals surface area contributed by atoms with Crippen LogP contribution < -0.4 is 5.73 Å². The average molecular weight is 226 g/mol. The van der Waals surface area contributed by atoms with Gasteiger partial charge in [-0.15, -0.1) is 12.6 Å². The largest absolute Gasteiger partial charge is 0.397 e. The number of aliphatic imine (C=N–C) groups is 1. The van der Waals surface area contributed by atoms with Gasteiger partial charge >= 0.3 is 0 Å². The summed E-state index contributed by atoms with van der Waals surface area (Å²) in [7, 11) is 0. The fourth-order valence-corrected chi connectivity index (χ4v) is 1.13. The summed E-state index contributed by atoms with van der Waals surface area (Å²) >= 11 is 4.18. The van der Waals surface area contributed by atoms with E-state index in [1.165, 1.54) is 0 Å². The van der Waals surface area contributed by atoms with E-state index < -0.39 is 0 Å². The first kappa shape index (κ1) is 16.5. The Kier molecular flexibility index (Phi) is 10.5. The van der Waals surface area contributed by atoms with Crippen LogP contribution in [0.15, 0.2) is 22.0 Å². The van der Waals surface area contributed by atoms with E-state index in [2.05, 4.69) is 24.3 Å². The minimum absolute atomic E-state index is 0.660. The number of hydrogen-bond acceptors (Lipinski definition) is 3. The van der Waals surface area contributed by atoms with Crippen LogP contribution in [0.4, 0.5) is 11.4 Å². The average Bonchev–Trinajstić information content (AvgIpc) is 2.30. The van der Waals surface area contributed by atoms with E-state index in [1.54, 1.807) is 0 Å². The Hall–Kier alpha value is -0.960. The Morgan fingerprint density at radius 2 is 1.67 bits per heavy atom. The second-order valence-electron chi connectivity index (χ2n) is 2.32. The smallest absolute Gasteiger partial charge is 0.0987 e. The van der Waals surface area contributed by atoms with Gasteiger partial charge in [-0.2, -0.15) is 0 Å². The Bertz CT molecular complexity index is 296. The van der Waals surface area contributed by atoms with Gasteiger partial charge in [0.1, 0.15) is 0 Å². The first-order valence-corrected chi connectivity index (χ1v) is 5.66. The summed E-state index contributed by atoms with van der Waals surface area (Å²) in [6, 6.07) is 3.77. The summed E-state index contributed by atoms with van der Waals surface area (Å²) in [6.45, 7) is 13.3. The zero-order valence-electron chi connectivity index (χ0n) is 10.3. The maximum absolute atomic E-state index is 5.71. The Balaban J connectivity index is 0. The van der Waals surface area contributed by atoms with Crippen molar-refractivity contribution in [2.45, 2.75) is 39.5 Å². The van der Waals surface area contributed by atoms with Crippen molar-refractivity contribution < 1.29 is 0 Å². The van der Waals surface area contributed by atoms with Crippen LogP contribution in [0.5, 0.6) is 0 Å². The molecule has 0 saturated heterocycles. The topological polar surface area (TPSA) is 38.4 Å². The Morgan fingerprint density at radius 1 is 1.20 bits per heavy atom. The second kappa shape index (κ2) is 9.59. The summed E-state index contributed by atoms with van der Waals surface area (Å²) in [5.74, 6) is 0. The highest BCUT2D eigenvalue weighted by Crippen LogP contribution is 2.31. The van der Waals surface area contributed by atoms with E-state index >= 15 is 0 Å². The third kappa shape index (κ3) is 4.88. The minimum Gasteiger partial charge on any atom is -0.397 e. The molecule has 0 spiro atoms. The third-order valence-corrected chi connectivity index (χ3v) is 1.93. The predicted molar refractivity (Wildman–Crippen MR) is 74.7 cm³/mol.